The van der Waals surface area contributed by atoms with Crippen LogP contribution in [0.2, 0.25) is 0 Å². The summed E-state index contributed by atoms with van der Waals surface area (Å²) >= 11 is 0. The Morgan fingerprint density at radius 2 is 2.10 bits per heavy atom. The van der Waals surface area contributed by atoms with Gasteiger partial charge in [0.05, 0.1) is 17.3 Å². The van der Waals surface area contributed by atoms with Crippen molar-refractivity contribution in [3.63, 3.8) is 0 Å². The van der Waals surface area contributed by atoms with Crippen molar-refractivity contribution < 1.29 is 9.90 Å². The van der Waals surface area contributed by atoms with Crippen molar-refractivity contribution >= 4 is 16.9 Å². The smallest absolute Gasteiger partial charge is 0.303 e. The van der Waals surface area contributed by atoms with E-state index in [1.165, 1.54) is 0 Å². The van der Waals surface area contributed by atoms with Crippen LogP contribution in [-0.4, -0.2) is 20.6 Å². The van der Waals surface area contributed by atoms with Crippen molar-refractivity contribution in [2.24, 2.45) is 5.92 Å². The second kappa shape index (κ2) is 5.07. The Morgan fingerprint density at radius 3 is 2.80 bits per heavy atom. The first kappa shape index (κ1) is 12.8. The van der Waals surface area contributed by atoms with Crippen LogP contribution >= 0.6 is 0 Å². The fourth-order valence-electron chi connectivity index (χ4n) is 2.37. The van der Waals surface area contributed by atoms with E-state index in [2.05, 4.69) is 4.98 Å². The third-order valence-corrected chi connectivity index (χ3v) is 3.64. The van der Waals surface area contributed by atoms with Crippen LogP contribution in [0.5, 0.6) is 0 Å². The molecule has 0 aliphatic heterocycles. The summed E-state index contributed by atoms with van der Waals surface area (Å²) in [5, 5.41) is 9.43. The maximum Gasteiger partial charge on any atom is 0.303 e. The molecule has 1 heterocycles. The van der Waals surface area contributed by atoms with Crippen molar-refractivity contribution in [1.29, 1.82) is 0 Å². The zero-order valence-electron chi connectivity index (χ0n) is 11.1. The normalized spacial score (nSPS) is 14.6. The Balaban J connectivity index is 2.08. The van der Waals surface area contributed by atoms with Crippen LogP contribution in [0.4, 0.5) is 0 Å². The highest BCUT2D eigenvalue weighted by molar-refractivity contribution is 5.77. The van der Waals surface area contributed by atoms with Crippen LogP contribution in [-0.2, 0) is 17.8 Å². The standard InChI is InChI=1S/C15H16N2O3/c18-14(19)8-7-13-16-12-4-2-1-3-11(12)15(20)17(13)9-10-5-6-10/h1-4,10H,5-9H2,(H,18,19). The highest BCUT2D eigenvalue weighted by Gasteiger charge is 2.24. The van der Waals surface area contributed by atoms with E-state index in [0.29, 0.717) is 35.6 Å². The molecule has 5 nitrogen and oxygen atoms in total. The Labute approximate surface area is 115 Å². The van der Waals surface area contributed by atoms with Gasteiger partial charge in [0, 0.05) is 13.0 Å². The van der Waals surface area contributed by atoms with Gasteiger partial charge in [-0.05, 0) is 30.9 Å². The first-order chi connectivity index (χ1) is 9.65. The predicted molar refractivity (Wildman–Crippen MR) is 74.7 cm³/mol. The van der Waals surface area contributed by atoms with Crippen LogP contribution in [0.3, 0.4) is 0 Å². The molecular weight excluding hydrogens is 256 g/mol. The quantitative estimate of drug-likeness (QED) is 0.901. The van der Waals surface area contributed by atoms with Gasteiger partial charge in [-0.2, -0.15) is 0 Å². The van der Waals surface area contributed by atoms with Crippen molar-refractivity contribution in [3.8, 4) is 0 Å². The number of carboxylic acids is 1. The fraction of sp³-hybridized carbons (Fsp3) is 0.400. The van der Waals surface area contributed by atoms with E-state index in [1.54, 1.807) is 16.7 Å². The summed E-state index contributed by atoms with van der Waals surface area (Å²) in [5.41, 5.74) is 0.591. The molecule has 1 fully saturated rings. The number of para-hydroxylation sites is 1. The lowest BCUT2D eigenvalue weighted by Crippen LogP contribution is -2.26. The highest BCUT2D eigenvalue weighted by Crippen LogP contribution is 2.30. The molecule has 0 radical (unpaired) electrons. The summed E-state index contributed by atoms with van der Waals surface area (Å²) in [4.78, 5) is 27.8. The van der Waals surface area contributed by atoms with Crippen LogP contribution < -0.4 is 5.56 Å². The van der Waals surface area contributed by atoms with Crippen LogP contribution in [0.1, 0.15) is 25.1 Å². The lowest BCUT2D eigenvalue weighted by molar-refractivity contribution is -0.137. The van der Waals surface area contributed by atoms with Crippen LogP contribution in [0.15, 0.2) is 29.1 Å². The molecule has 1 aliphatic carbocycles. The summed E-state index contributed by atoms with van der Waals surface area (Å²) in [6.45, 7) is 0.658. The number of rotatable bonds is 5. The molecule has 1 aliphatic rings. The summed E-state index contributed by atoms with van der Waals surface area (Å²) in [7, 11) is 0. The van der Waals surface area contributed by atoms with Gasteiger partial charge in [0.25, 0.3) is 5.56 Å². The first-order valence-corrected chi connectivity index (χ1v) is 6.85. The minimum atomic E-state index is -0.870. The predicted octanol–water partition coefficient (Wildman–Crippen LogP) is 1.82. The number of nitrogens with zero attached hydrogens (tertiary/aromatic N) is 2. The van der Waals surface area contributed by atoms with Gasteiger partial charge in [-0.25, -0.2) is 4.98 Å². The minimum Gasteiger partial charge on any atom is -0.481 e. The highest BCUT2D eigenvalue weighted by atomic mass is 16.4. The molecule has 0 saturated heterocycles. The first-order valence-electron chi connectivity index (χ1n) is 6.85. The third kappa shape index (κ3) is 2.57. The Morgan fingerprint density at radius 1 is 1.35 bits per heavy atom. The number of aliphatic carboxylic acids is 1. The van der Waals surface area contributed by atoms with Gasteiger partial charge in [0.1, 0.15) is 5.82 Å². The second-order valence-corrected chi connectivity index (χ2v) is 5.30. The summed E-state index contributed by atoms with van der Waals surface area (Å²) < 4.78 is 1.67. The number of aromatic nitrogens is 2. The summed E-state index contributed by atoms with van der Waals surface area (Å²) in [5.74, 6) is 0.257. The monoisotopic (exact) mass is 272 g/mol. The molecule has 1 saturated carbocycles. The lowest BCUT2D eigenvalue weighted by Gasteiger charge is -2.12. The maximum absolute atomic E-state index is 12.5. The second-order valence-electron chi connectivity index (χ2n) is 5.30. The lowest BCUT2D eigenvalue weighted by atomic mass is 10.2. The van der Waals surface area contributed by atoms with E-state index < -0.39 is 5.97 Å². The van der Waals surface area contributed by atoms with E-state index in [-0.39, 0.29) is 12.0 Å². The number of carbonyl (C=O) groups is 1. The van der Waals surface area contributed by atoms with Crippen molar-refractivity contribution in [2.75, 3.05) is 0 Å². The molecule has 104 valence electrons. The van der Waals surface area contributed by atoms with Crippen LogP contribution in [0.25, 0.3) is 10.9 Å². The minimum absolute atomic E-state index is 0.00452. The molecule has 3 rings (SSSR count). The van der Waals surface area contributed by atoms with Gasteiger partial charge in [-0.3, -0.25) is 14.2 Å². The SMILES string of the molecule is O=C(O)CCc1nc2ccccc2c(=O)n1CC1CC1. The molecule has 0 unspecified atom stereocenters. The topological polar surface area (TPSA) is 72.2 Å². The van der Waals surface area contributed by atoms with Gasteiger partial charge >= 0.3 is 5.97 Å². The number of hydrogen-bond donors (Lipinski definition) is 1. The number of benzene rings is 1. The van der Waals surface area contributed by atoms with E-state index >= 15 is 0 Å². The van der Waals surface area contributed by atoms with Gasteiger partial charge in [-0.15, -0.1) is 0 Å². The molecule has 1 aromatic heterocycles. The number of hydrogen-bond acceptors (Lipinski definition) is 3. The number of aryl methyl sites for hydroxylation is 1. The van der Waals surface area contributed by atoms with Gasteiger partial charge in [0.2, 0.25) is 0 Å². The molecule has 1 N–H and O–H groups in total. The maximum atomic E-state index is 12.5. The average molecular weight is 272 g/mol. The molecule has 0 amide bonds. The van der Waals surface area contributed by atoms with E-state index in [9.17, 15) is 9.59 Å². The molecule has 0 atom stereocenters. The Hall–Kier alpha value is -2.17. The molecule has 20 heavy (non-hydrogen) atoms. The Kier molecular flexibility index (Phi) is 3.26. The Bertz CT molecular complexity index is 717. The third-order valence-electron chi connectivity index (χ3n) is 3.64. The fourth-order valence-corrected chi connectivity index (χ4v) is 2.37. The van der Waals surface area contributed by atoms with Crippen molar-refractivity contribution in [2.45, 2.75) is 32.2 Å². The number of fused-ring (bicyclic) bond motifs is 1. The molecule has 5 heteroatoms. The van der Waals surface area contributed by atoms with Gasteiger partial charge in [0.15, 0.2) is 0 Å². The van der Waals surface area contributed by atoms with E-state index in [0.717, 1.165) is 12.8 Å². The molecule has 2 aromatic rings. The summed E-state index contributed by atoms with van der Waals surface area (Å²) in [6.07, 6.45) is 2.56. The average Bonchev–Trinajstić information content (AvgIpc) is 3.24. The van der Waals surface area contributed by atoms with E-state index in [4.69, 9.17) is 5.11 Å². The molecule has 1 aromatic carbocycles. The zero-order valence-corrected chi connectivity index (χ0v) is 11.1. The molecular formula is C15H16N2O3. The van der Waals surface area contributed by atoms with Crippen molar-refractivity contribution in [1.82, 2.24) is 9.55 Å². The summed E-state index contributed by atoms with van der Waals surface area (Å²) in [6, 6.07) is 7.22. The largest absolute Gasteiger partial charge is 0.481 e. The molecule has 0 bridgehead atoms. The van der Waals surface area contributed by atoms with Crippen LogP contribution in [0, 0.1) is 5.92 Å². The molecule has 0 spiro atoms. The van der Waals surface area contributed by atoms with Gasteiger partial charge in [-0.1, -0.05) is 12.1 Å². The number of carboxylic acid groups (broad SMARTS) is 1. The van der Waals surface area contributed by atoms with Gasteiger partial charge < -0.3 is 5.11 Å². The zero-order chi connectivity index (χ0) is 14.1. The van der Waals surface area contributed by atoms with Crippen molar-refractivity contribution in [3.05, 3.63) is 40.4 Å². The van der Waals surface area contributed by atoms with E-state index in [1.807, 2.05) is 12.1 Å².